The lowest BCUT2D eigenvalue weighted by Crippen LogP contribution is -2.43. The molecule has 0 aliphatic heterocycles. The lowest BCUT2D eigenvalue weighted by molar-refractivity contribution is -0.141. The van der Waals surface area contributed by atoms with Gasteiger partial charge in [0.2, 0.25) is 0 Å². The van der Waals surface area contributed by atoms with Crippen LogP contribution >= 0.6 is 0 Å². The molecule has 0 amide bonds. The van der Waals surface area contributed by atoms with E-state index in [9.17, 15) is 19.2 Å². The van der Waals surface area contributed by atoms with E-state index in [4.69, 9.17) is 18.9 Å². The van der Waals surface area contributed by atoms with Crippen molar-refractivity contribution >= 4 is 23.9 Å². The minimum Gasteiger partial charge on any atom is -0.466 e. The first kappa shape index (κ1) is 20.1. The molecule has 30 heavy (non-hydrogen) atoms. The lowest BCUT2D eigenvalue weighted by atomic mass is 9.57. The molecule has 4 bridgehead atoms. The van der Waals surface area contributed by atoms with Crippen LogP contribution in [0.3, 0.4) is 0 Å². The first-order valence-electron chi connectivity index (χ1n) is 9.53. The third-order valence-electron chi connectivity index (χ3n) is 6.87. The predicted octanol–water partition coefficient (Wildman–Crippen LogP) is 1.42. The molecular formula is C22H22O8. The number of methoxy groups -OCH3 is 4. The summed E-state index contributed by atoms with van der Waals surface area (Å²) in [6.45, 7) is 0. The Labute approximate surface area is 173 Å². The Morgan fingerprint density at radius 2 is 1.00 bits per heavy atom. The number of hydrogen-bond acceptors (Lipinski definition) is 8. The van der Waals surface area contributed by atoms with Gasteiger partial charge < -0.3 is 18.9 Å². The molecule has 0 heterocycles. The molecule has 4 atom stereocenters. The first-order chi connectivity index (χ1) is 14.3. The maximum absolute atomic E-state index is 12.9. The van der Waals surface area contributed by atoms with Crippen molar-refractivity contribution in [2.24, 2.45) is 22.7 Å². The second-order valence-electron chi connectivity index (χ2n) is 7.83. The van der Waals surface area contributed by atoms with Crippen LogP contribution in [-0.2, 0) is 38.1 Å². The molecule has 4 aliphatic rings. The third-order valence-corrected chi connectivity index (χ3v) is 6.87. The second-order valence-corrected chi connectivity index (χ2v) is 7.83. The van der Waals surface area contributed by atoms with Crippen molar-refractivity contribution in [3.05, 3.63) is 46.6 Å². The number of allylic oxidation sites excluding steroid dienone is 4. The van der Waals surface area contributed by atoms with E-state index in [0.29, 0.717) is 12.8 Å². The molecule has 0 saturated carbocycles. The summed E-state index contributed by atoms with van der Waals surface area (Å²) in [5.74, 6) is -3.26. The fourth-order valence-electron chi connectivity index (χ4n) is 5.77. The Balaban J connectivity index is 2.00. The smallest absolute Gasteiger partial charge is 0.335 e. The van der Waals surface area contributed by atoms with Gasteiger partial charge in [0, 0.05) is 22.7 Å². The molecule has 0 spiro atoms. The average molecular weight is 414 g/mol. The second kappa shape index (κ2) is 6.68. The minimum atomic E-state index is -1.04. The fraction of sp³-hybridized carbons (Fsp3) is 0.455. The fourth-order valence-corrected chi connectivity index (χ4v) is 5.77. The van der Waals surface area contributed by atoms with E-state index in [1.165, 1.54) is 28.4 Å². The molecule has 0 fully saturated rings. The van der Waals surface area contributed by atoms with Gasteiger partial charge in [-0.15, -0.1) is 0 Å². The van der Waals surface area contributed by atoms with Crippen molar-refractivity contribution in [1.29, 1.82) is 0 Å². The quantitative estimate of drug-likeness (QED) is 0.378. The monoisotopic (exact) mass is 414 g/mol. The van der Waals surface area contributed by atoms with Gasteiger partial charge in [0.05, 0.1) is 50.7 Å². The zero-order valence-corrected chi connectivity index (χ0v) is 17.1. The standard InChI is InChI=1S/C22H22O8/c1-27-17(23)13-11-5-7-21(9-11,15(13)19(25)29-3)22-8-6-12(10-22)14(18(24)28-2)16(22)20(26)30-4/h5-8,11-12H,9-10H2,1-4H3. The highest BCUT2D eigenvalue weighted by Gasteiger charge is 2.69. The SMILES string of the molecule is COC(=O)C1=C(C(=O)OC)C2(C34C=CC(C3)C(C(=O)OC)=C4C(=O)OC)C=CC1C2. The molecule has 4 aliphatic carbocycles. The summed E-state index contributed by atoms with van der Waals surface area (Å²) >= 11 is 0. The van der Waals surface area contributed by atoms with Gasteiger partial charge in [-0.05, 0) is 12.8 Å². The van der Waals surface area contributed by atoms with Crippen LogP contribution in [-0.4, -0.2) is 52.3 Å². The Kier molecular flexibility index (Phi) is 4.48. The Morgan fingerprint density at radius 1 is 0.667 bits per heavy atom. The van der Waals surface area contributed by atoms with Crippen molar-refractivity contribution in [3.63, 3.8) is 0 Å². The van der Waals surface area contributed by atoms with Gasteiger partial charge in [0.15, 0.2) is 0 Å². The van der Waals surface area contributed by atoms with Crippen LogP contribution in [0, 0.1) is 22.7 Å². The van der Waals surface area contributed by atoms with Crippen molar-refractivity contribution in [2.45, 2.75) is 12.8 Å². The predicted molar refractivity (Wildman–Crippen MR) is 101 cm³/mol. The molecule has 0 aromatic rings. The van der Waals surface area contributed by atoms with Crippen molar-refractivity contribution < 1.29 is 38.1 Å². The molecule has 0 saturated heterocycles. The Hall–Kier alpha value is -3.16. The number of fused-ring (bicyclic) bond motifs is 5. The molecule has 4 rings (SSSR count). The van der Waals surface area contributed by atoms with Gasteiger partial charge in [-0.25, -0.2) is 19.2 Å². The van der Waals surface area contributed by atoms with E-state index < -0.39 is 34.7 Å². The molecule has 158 valence electrons. The van der Waals surface area contributed by atoms with Crippen LogP contribution in [0.1, 0.15) is 12.8 Å². The van der Waals surface area contributed by atoms with Crippen LogP contribution in [0.25, 0.3) is 0 Å². The molecule has 4 unspecified atom stereocenters. The zero-order chi connectivity index (χ0) is 21.8. The van der Waals surface area contributed by atoms with Crippen LogP contribution in [0.2, 0.25) is 0 Å². The summed E-state index contributed by atoms with van der Waals surface area (Å²) in [5, 5.41) is 0. The van der Waals surface area contributed by atoms with Gasteiger partial charge in [0.1, 0.15) is 0 Å². The number of hydrogen-bond donors (Lipinski definition) is 0. The lowest BCUT2D eigenvalue weighted by Gasteiger charge is -2.43. The van der Waals surface area contributed by atoms with E-state index in [1.54, 1.807) is 0 Å². The number of rotatable bonds is 5. The molecule has 0 radical (unpaired) electrons. The molecule has 0 aromatic carbocycles. The largest absolute Gasteiger partial charge is 0.466 e. The van der Waals surface area contributed by atoms with Gasteiger partial charge in [-0.2, -0.15) is 0 Å². The third kappa shape index (κ3) is 2.21. The van der Waals surface area contributed by atoms with Crippen LogP contribution in [0.15, 0.2) is 46.6 Å². The summed E-state index contributed by atoms with van der Waals surface area (Å²) in [6.07, 6.45) is 8.17. The van der Waals surface area contributed by atoms with Crippen LogP contribution < -0.4 is 0 Å². The van der Waals surface area contributed by atoms with Gasteiger partial charge in [-0.3, -0.25) is 0 Å². The number of esters is 4. The highest BCUT2D eigenvalue weighted by Crippen LogP contribution is 2.71. The summed E-state index contributed by atoms with van der Waals surface area (Å²) in [6, 6.07) is 0. The Bertz CT molecular complexity index is 917. The number of carbonyl (C=O) groups excluding carboxylic acids is 4. The Morgan fingerprint density at radius 3 is 1.30 bits per heavy atom. The van der Waals surface area contributed by atoms with E-state index in [1.807, 2.05) is 24.3 Å². The molecular weight excluding hydrogens is 392 g/mol. The molecule has 8 nitrogen and oxygen atoms in total. The summed E-state index contributed by atoms with van der Waals surface area (Å²) in [4.78, 5) is 51.0. The van der Waals surface area contributed by atoms with E-state index in [-0.39, 0.29) is 34.1 Å². The topological polar surface area (TPSA) is 105 Å². The molecule has 8 heteroatoms. The highest BCUT2D eigenvalue weighted by molar-refractivity contribution is 6.08. The first-order valence-corrected chi connectivity index (χ1v) is 9.53. The van der Waals surface area contributed by atoms with Crippen LogP contribution in [0.5, 0.6) is 0 Å². The average Bonchev–Trinajstić information content (AvgIpc) is 3.53. The molecule has 0 aromatic heterocycles. The van der Waals surface area contributed by atoms with Gasteiger partial charge >= 0.3 is 23.9 Å². The minimum absolute atomic E-state index is 0.169. The zero-order valence-electron chi connectivity index (χ0n) is 17.1. The highest BCUT2D eigenvalue weighted by atomic mass is 16.5. The maximum Gasteiger partial charge on any atom is 0.335 e. The van der Waals surface area contributed by atoms with Crippen molar-refractivity contribution in [3.8, 4) is 0 Å². The van der Waals surface area contributed by atoms with Crippen molar-refractivity contribution in [2.75, 3.05) is 28.4 Å². The number of ether oxygens (including phenoxy) is 4. The van der Waals surface area contributed by atoms with Gasteiger partial charge in [0.25, 0.3) is 0 Å². The summed E-state index contributed by atoms with van der Waals surface area (Å²) < 4.78 is 19.9. The number of carbonyl (C=O) groups is 4. The van der Waals surface area contributed by atoms with E-state index in [2.05, 4.69) is 0 Å². The summed E-state index contributed by atoms with van der Waals surface area (Å²) in [7, 11) is 4.98. The van der Waals surface area contributed by atoms with E-state index >= 15 is 0 Å². The van der Waals surface area contributed by atoms with Gasteiger partial charge in [-0.1, -0.05) is 24.3 Å². The van der Waals surface area contributed by atoms with E-state index in [0.717, 1.165) is 0 Å². The van der Waals surface area contributed by atoms with Crippen LogP contribution in [0.4, 0.5) is 0 Å². The maximum atomic E-state index is 12.9. The normalized spacial score (nSPS) is 32.7. The molecule has 0 N–H and O–H groups in total. The summed E-state index contributed by atoms with van der Waals surface area (Å²) in [5.41, 5.74) is -1.29. The van der Waals surface area contributed by atoms with Crippen molar-refractivity contribution in [1.82, 2.24) is 0 Å².